The molecule has 0 saturated carbocycles. The molecule has 1 heterocycles. The summed E-state index contributed by atoms with van der Waals surface area (Å²) in [5.41, 5.74) is 7.89. The standard InChI is InChI=1S/C18H30N4O3/c1-12(13(19)9-21-20)8-14(22-15(24)6-7-16(22)25)18(4,5)10-17(2,3)11-23/h6-7,9,11-12,14,21H,8,10,19-20H2,1-5H3/b13-9-. The van der Waals surface area contributed by atoms with Crippen LogP contribution in [0.3, 0.4) is 0 Å². The highest BCUT2D eigenvalue weighted by Gasteiger charge is 2.43. The highest BCUT2D eigenvalue weighted by Crippen LogP contribution is 2.41. The normalized spacial score (nSPS) is 18.5. The van der Waals surface area contributed by atoms with Gasteiger partial charge in [-0.2, -0.15) is 0 Å². The molecule has 0 aromatic rings. The van der Waals surface area contributed by atoms with E-state index < -0.39 is 16.9 Å². The minimum Gasteiger partial charge on any atom is -0.401 e. The number of hydrazine groups is 1. The molecule has 0 saturated heterocycles. The molecule has 2 amide bonds. The van der Waals surface area contributed by atoms with Crippen LogP contribution in [0.15, 0.2) is 24.0 Å². The lowest BCUT2D eigenvalue weighted by atomic mass is 9.69. The van der Waals surface area contributed by atoms with Crippen molar-refractivity contribution in [3.63, 3.8) is 0 Å². The number of amides is 2. The van der Waals surface area contributed by atoms with Crippen molar-refractivity contribution in [1.82, 2.24) is 10.3 Å². The zero-order valence-electron chi connectivity index (χ0n) is 15.7. The number of hydrogen-bond acceptors (Lipinski definition) is 6. The molecule has 140 valence electrons. The Morgan fingerprint density at radius 2 is 1.76 bits per heavy atom. The minimum atomic E-state index is -0.565. The molecule has 1 aliphatic rings. The number of nitrogens with two attached hydrogens (primary N) is 2. The Balaban J connectivity index is 3.19. The molecule has 0 aromatic heterocycles. The molecular formula is C18H30N4O3. The lowest BCUT2D eigenvalue weighted by molar-refractivity contribution is -0.143. The summed E-state index contributed by atoms with van der Waals surface area (Å²) in [7, 11) is 0. The van der Waals surface area contributed by atoms with E-state index in [4.69, 9.17) is 11.6 Å². The number of nitrogens with one attached hydrogen (secondary N) is 1. The molecule has 0 bridgehead atoms. The van der Waals surface area contributed by atoms with Crippen molar-refractivity contribution in [2.24, 2.45) is 28.3 Å². The highest BCUT2D eigenvalue weighted by atomic mass is 16.2. The number of carbonyl (C=O) groups is 3. The summed E-state index contributed by atoms with van der Waals surface area (Å²) in [6.07, 6.45) is 5.97. The molecule has 0 radical (unpaired) electrons. The minimum absolute atomic E-state index is 0.110. The van der Waals surface area contributed by atoms with Crippen LogP contribution in [0, 0.1) is 16.7 Å². The van der Waals surface area contributed by atoms with E-state index in [1.165, 1.54) is 23.3 Å². The van der Waals surface area contributed by atoms with Crippen molar-refractivity contribution < 1.29 is 14.4 Å². The van der Waals surface area contributed by atoms with Crippen molar-refractivity contribution >= 4 is 18.1 Å². The van der Waals surface area contributed by atoms with Crippen molar-refractivity contribution in [1.29, 1.82) is 0 Å². The first-order valence-corrected chi connectivity index (χ1v) is 8.38. The number of nitrogens with zero attached hydrogens (tertiary/aromatic N) is 1. The maximum absolute atomic E-state index is 12.3. The van der Waals surface area contributed by atoms with Gasteiger partial charge in [0.25, 0.3) is 11.8 Å². The summed E-state index contributed by atoms with van der Waals surface area (Å²) in [5.74, 6) is 4.50. The first-order valence-electron chi connectivity index (χ1n) is 8.38. The zero-order valence-corrected chi connectivity index (χ0v) is 15.7. The number of allylic oxidation sites excluding steroid dienone is 1. The Bertz CT molecular complexity index is 575. The van der Waals surface area contributed by atoms with Gasteiger partial charge < -0.3 is 16.0 Å². The molecule has 1 rings (SSSR count). The third-order valence-corrected chi connectivity index (χ3v) is 4.68. The first kappa shape index (κ1) is 20.9. The van der Waals surface area contributed by atoms with Crippen LogP contribution in [0.25, 0.3) is 0 Å². The molecule has 0 spiro atoms. The Kier molecular flexibility index (Phi) is 6.54. The second kappa shape index (κ2) is 7.82. The van der Waals surface area contributed by atoms with E-state index in [9.17, 15) is 14.4 Å². The molecule has 0 aliphatic carbocycles. The molecular weight excluding hydrogens is 320 g/mol. The van der Waals surface area contributed by atoms with E-state index in [0.717, 1.165) is 6.29 Å². The van der Waals surface area contributed by atoms with Gasteiger partial charge in [0.1, 0.15) is 6.29 Å². The fourth-order valence-electron chi connectivity index (χ4n) is 3.54. The number of carbonyl (C=O) groups excluding carboxylic acids is 3. The Labute approximate surface area is 149 Å². The largest absolute Gasteiger partial charge is 0.401 e. The van der Waals surface area contributed by atoms with Gasteiger partial charge in [-0.25, -0.2) is 0 Å². The second-order valence-corrected chi connectivity index (χ2v) is 8.12. The molecule has 2 unspecified atom stereocenters. The number of rotatable bonds is 9. The SMILES string of the molecule is CC(CC(N1C(=O)C=CC1=O)C(C)(C)CC(C)(C)C=O)/C(N)=C/NN. The summed E-state index contributed by atoms with van der Waals surface area (Å²) < 4.78 is 0. The number of hydrogen-bond donors (Lipinski definition) is 3. The zero-order chi connectivity index (χ0) is 19.4. The average molecular weight is 350 g/mol. The monoisotopic (exact) mass is 350 g/mol. The average Bonchev–Trinajstić information content (AvgIpc) is 2.82. The second-order valence-electron chi connectivity index (χ2n) is 8.12. The van der Waals surface area contributed by atoms with Crippen molar-refractivity contribution in [3.8, 4) is 0 Å². The number of imide groups is 1. The van der Waals surface area contributed by atoms with Crippen LogP contribution >= 0.6 is 0 Å². The van der Waals surface area contributed by atoms with Crippen molar-refractivity contribution in [2.75, 3.05) is 0 Å². The molecule has 7 heteroatoms. The van der Waals surface area contributed by atoms with Crippen LogP contribution in [0.4, 0.5) is 0 Å². The Morgan fingerprint density at radius 1 is 1.24 bits per heavy atom. The van der Waals surface area contributed by atoms with Gasteiger partial charge in [0, 0.05) is 35.5 Å². The lowest BCUT2D eigenvalue weighted by Crippen LogP contribution is -2.50. The van der Waals surface area contributed by atoms with E-state index in [1.807, 2.05) is 34.6 Å². The maximum atomic E-state index is 12.3. The summed E-state index contributed by atoms with van der Waals surface area (Å²) in [6.45, 7) is 9.54. The van der Waals surface area contributed by atoms with Gasteiger partial charge in [-0.05, 0) is 24.2 Å². The van der Waals surface area contributed by atoms with Gasteiger partial charge in [-0.1, -0.05) is 34.6 Å². The van der Waals surface area contributed by atoms with Crippen LogP contribution < -0.4 is 17.0 Å². The van der Waals surface area contributed by atoms with Gasteiger partial charge in [0.15, 0.2) is 0 Å². The highest BCUT2D eigenvalue weighted by molar-refractivity contribution is 6.13. The summed E-state index contributed by atoms with van der Waals surface area (Å²) in [6, 6.07) is -0.401. The summed E-state index contributed by atoms with van der Waals surface area (Å²) >= 11 is 0. The fraction of sp³-hybridized carbons (Fsp3) is 0.611. The van der Waals surface area contributed by atoms with E-state index >= 15 is 0 Å². The molecule has 1 aliphatic heterocycles. The third-order valence-electron chi connectivity index (χ3n) is 4.68. The van der Waals surface area contributed by atoms with E-state index in [0.29, 0.717) is 18.5 Å². The Hall–Kier alpha value is -2.15. The van der Waals surface area contributed by atoms with Gasteiger partial charge in [0.05, 0.1) is 0 Å². The molecule has 25 heavy (non-hydrogen) atoms. The van der Waals surface area contributed by atoms with Gasteiger partial charge in [-0.3, -0.25) is 20.3 Å². The summed E-state index contributed by atoms with van der Waals surface area (Å²) in [4.78, 5) is 37.2. The Morgan fingerprint density at radius 3 is 2.20 bits per heavy atom. The van der Waals surface area contributed by atoms with Crippen LogP contribution in [-0.2, 0) is 14.4 Å². The van der Waals surface area contributed by atoms with E-state index in [1.54, 1.807) is 0 Å². The molecule has 2 atom stereocenters. The molecule has 7 nitrogen and oxygen atoms in total. The smallest absolute Gasteiger partial charge is 0.253 e. The van der Waals surface area contributed by atoms with Crippen LogP contribution in [0.2, 0.25) is 0 Å². The van der Waals surface area contributed by atoms with Crippen LogP contribution in [0.5, 0.6) is 0 Å². The van der Waals surface area contributed by atoms with Crippen LogP contribution in [-0.4, -0.2) is 29.0 Å². The predicted molar refractivity (Wildman–Crippen MR) is 96.4 cm³/mol. The fourth-order valence-corrected chi connectivity index (χ4v) is 3.54. The van der Waals surface area contributed by atoms with E-state index in [-0.39, 0.29) is 17.7 Å². The van der Waals surface area contributed by atoms with Crippen molar-refractivity contribution in [2.45, 2.75) is 53.5 Å². The molecule has 0 fully saturated rings. The molecule has 5 N–H and O–H groups in total. The quantitative estimate of drug-likeness (QED) is 0.249. The lowest BCUT2D eigenvalue weighted by Gasteiger charge is -2.43. The number of aldehydes is 1. The first-order chi connectivity index (χ1) is 11.4. The van der Waals surface area contributed by atoms with Gasteiger partial charge in [-0.15, -0.1) is 0 Å². The van der Waals surface area contributed by atoms with Crippen molar-refractivity contribution in [3.05, 3.63) is 24.0 Å². The predicted octanol–water partition coefficient (Wildman–Crippen LogP) is 1.21. The van der Waals surface area contributed by atoms with Crippen LogP contribution in [0.1, 0.15) is 47.5 Å². The topological polar surface area (TPSA) is 119 Å². The van der Waals surface area contributed by atoms with Gasteiger partial charge >= 0.3 is 0 Å². The van der Waals surface area contributed by atoms with Gasteiger partial charge in [0.2, 0.25) is 0 Å². The summed E-state index contributed by atoms with van der Waals surface area (Å²) in [5, 5.41) is 0. The molecule has 0 aromatic carbocycles. The maximum Gasteiger partial charge on any atom is 0.253 e. The van der Waals surface area contributed by atoms with E-state index in [2.05, 4.69) is 5.43 Å². The third kappa shape index (κ3) is 5.16.